The minimum atomic E-state index is -1.72. The normalized spacial score (nSPS) is 10.4. The summed E-state index contributed by atoms with van der Waals surface area (Å²) in [4.78, 5) is 9.81. The van der Waals surface area contributed by atoms with Gasteiger partial charge in [-0.25, -0.2) is 13.2 Å². The number of rotatable bonds is 2. The van der Waals surface area contributed by atoms with Gasteiger partial charge in [-0.2, -0.15) is 0 Å². The Kier molecular flexibility index (Phi) is 3.01. The summed E-state index contributed by atoms with van der Waals surface area (Å²) < 4.78 is 39.8. The van der Waals surface area contributed by atoms with E-state index in [2.05, 4.69) is 0 Å². The maximum Gasteiger partial charge on any atom is 0.283 e. The van der Waals surface area contributed by atoms with Gasteiger partial charge in [0.05, 0.1) is 16.6 Å². The van der Waals surface area contributed by atoms with Gasteiger partial charge in [0, 0.05) is 0 Å². The molecule has 0 aliphatic carbocycles. The Labute approximate surface area is 99.6 Å². The molecule has 2 rings (SSSR count). The number of nitrogens with zero attached hydrogens (tertiary/aromatic N) is 1. The summed E-state index contributed by atoms with van der Waals surface area (Å²) in [5.74, 6) is -4.87. The van der Waals surface area contributed by atoms with E-state index in [1.165, 1.54) is 24.3 Å². The molecule has 0 spiro atoms. The van der Waals surface area contributed by atoms with Crippen molar-refractivity contribution in [2.45, 2.75) is 0 Å². The van der Waals surface area contributed by atoms with Crippen molar-refractivity contribution < 1.29 is 18.1 Å². The predicted molar refractivity (Wildman–Crippen MR) is 58.4 cm³/mol. The Hall–Kier alpha value is -2.37. The van der Waals surface area contributed by atoms with Crippen molar-refractivity contribution >= 4 is 5.69 Å². The molecule has 0 heterocycles. The van der Waals surface area contributed by atoms with Crippen LogP contribution in [0.2, 0.25) is 0 Å². The van der Waals surface area contributed by atoms with E-state index in [4.69, 9.17) is 0 Å². The van der Waals surface area contributed by atoms with Crippen molar-refractivity contribution in [2.24, 2.45) is 0 Å². The van der Waals surface area contributed by atoms with Crippen molar-refractivity contribution in [3.8, 4) is 11.1 Å². The lowest BCUT2D eigenvalue weighted by molar-refractivity contribution is -0.384. The molecule has 0 N–H and O–H groups in total. The van der Waals surface area contributed by atoms with Crippen molar-refractivity contribution in [1.82, 2.24) is 0 Å². The molecule has 0 saturated heterocycles. The second kappa shape index (κ2) is 4.48. The number of hydrogen-bond donors (Lipinski definition) is 0. The van der Waals surface area contributed by atoms with Gasteiger partial charge in [0.1, 0.15) is 0 Å². The lowest BCUT2D eigenvalue weighted by atomic mass is 10.0. The highest BCUT2D eigenvalue weighted by atomic mass is 19.2. The molecule has 0 aromatic heterocycles. The van der Waals surface area contributed by atoms with Crippen LogP contribution >= 0.6 is 0 Å². The number of nitro benzene ring substituents is 1. The van der Waals surface area contributed by atoms with E-state index in [1.54, 1.807) is 6.07 Å². The molecule has 0 radical (unpaired) electrons. The van der Waals surface area contributed by atoms with Crippen LogP contribution in [-0.2, 0) is 0 Å². The third kappa shape index (κ3) is 1.92. The van der Waals surface area contributed by atoms with Crippen molar-refractivity contribution in [3.05, 3.63) is 64.0 Å². The molecule has 6 heteroatoms. The zero-order valence-corrected chi connectivity index (χ0v) is 8.86. The molecule has 0 bridgehead atoms. The minimum Gasteiger partial charge on any atom is -0.258 e. The number of hydrogen-bond acceptors (Lipinski definition) is 2. The maximum atomic E-state index is 13.6. The van der Waals surface area contributed by atoms with Crippen LogP contribution in [0.15, 0.2) is 36.4 Å². The molecule has 0 unspecified atom stereocenters. The van der Waals surface area contributed by atoms with E-state index < -0.39 is 33.6 Å². The fraction of sp³-hybridized carbons (Fsp3) is 0. The summed E-state index contributed by atoms with van der Waals surface area (Å²) in [5.41, 5.74) is -1.25. The van der Waals surface area contributed by atoms with E-state index in [0.717, 1.165) is 0 Å². The van der Waals surface area contributed by atoms with Gasteiger partial charge < -0.3 is 0 Å². The topological polar surface area (TPSA) is 43.1 Å². The summed E-state index contributed by atoms with van der Waals surface area (Å²) in [6.07, 6.45) is 0. The molecule has 2 aromatic carbocycles. The summed E-state index contributed by atoms with van der Waals surface area (Å²) in [7, 11) is 0. The molecular weight excluding hydrogens is 247 g/mol. The molecule has 0 aliphatic heterocycles. The molecular formula is C12H6F3NO2. The highest BCUT2D eigenvalue weighted by molar-refractivity contribution is 5.74. The lowest BCUT2D eigenvalue weighted by Gasteiger charge is -2.06. The van der Waals surface area contributed by atoms with Gasteiger partial charge in [0.2, 0.25) is 0 Å². The molecule has 0 amide bonds. The second-order valence-electron chi connectivity index (χ2n) is 3.50. The van der Waals surface area contributed by atoms with Crippen LogP contribution in [0.5, 0.6) is 0 Å². The first kappa shape index (κ1) is 12.1. The molecule has 92 valence electrons. The van der Waals surface area contributed by atoms with Crippen LogP contribution in [0.1, 0.15) is 0 Å². The van der Waals surface area contributed by atoms with Gasteiger partial charge in [-0.15, -0.1) is 0 Å². The third-order valence-corrected chi connectivity index (χ3v) is 2.40. The standard InChI is InChI=1S/C12H6F3NO2/c13-8-6-9(16(17)18)10(12(15)11(8)14)7-4-2-1-3-5-7/h1-6H. The van der Waals surface area contributed by atoms with E-state index in [0.29, 0.717) is 6.07 Å². The monoisotopic (exact) mass is 253 g/mol. The van der Waals surface area contributed by atoms with Crippen LogP contribution in [0.4, 0.5) is 18.9 Å². The molecule has 0 saturated carbocycles. The highest BCUT2D eigenvalue weighted by Gasteiger charge is 2.26. The van der Waals surface area contributed by atoms with Crippen LogP contribution in [0.25, 0.3) is 11.1 Å². The average molecular weight is 253 g/mol. The largest absolute Gasteiger partial charge is 0.283 e. The van der Waals surface area contributed by atoms with Crippen molar-refractivity contribution in [1.29, 1.82) is 0 Å². The Bertz CT molecular complexity index is 614. The van der Waals surface area contributed by atoms with Gasteiger partial charge >= 0.3 is 0 Å². The van der Waals surface area contributed by atoms with Crippen LogP contribution < -0.4 is 0 Å². The van der Waals surface area contributed by atoms with Gasteiger partial charge in [-0.1, -0.05) is 30.3 Å². The first-order chi connectivity index (χ1) is 8.52. The zero-order chi connectivity index (χ0) is 13.3. The van der Waals surface area contributed by atoms with Crippen LogP contribution in [0, 0.1) is 27.6 Å². The van der Waals surface area contributed by atoms with E-state index in [9.17, 15) is 23.3 Å². The van der Waals surface area contributed by atoms with Crippen LogP contribution in [0.3, 0.4) is 0 Å². The number of nitro groups is 1. The van der Waals surface area contributed by atoms with Gasteiger partial charge in [-0.05, 0) is 5.56 Å². The summed E-state index contributed by atoms with van der Waals surface area (Å²) in [6.45, 7) is 0. The molecule has 0 fully saturated rings. The smallest absolute Gasteiger partial charge is 0.258 e. The Morgan fingerprint density at radius 1 is 1.00 bits per heavy atom. The SMILES string of the molecule is O=[N+]([O-])c1cc(F)c(F)c(F)c1-c1ccccc1. The van der Waals surface area contributed by atoms with Gasteiger partial charge in [0.15, 0.2) is 17.5 Å². The van der Waals surface area contributed by atoms with Gasteiger partial charge in [0.25, 0.3) is 5.69 Å². The Morgan fingerprint density at radius 3 is 2.17 bits per heavy atom. The molecule has 0 atom stereocenters. The fourth-order valence-electron chi connectivity index (χ4n) is 1.61. The molecule has 3 nitrogen and oxygen atoms in total. The fourth-order valence-corrected chi connectivity index (χ4v) is 1.61. The molecule has 2 aromatic rings. The maximum absolute atomic E-state index is 13.6. The summed E-state index contributed by atoms with van der Waals surface area (Å²) in [5, 5.41) is 10.8. The summed E-state index contributed by atoms with van der Waals surface area (Å²) >= 11 is 0. The lowest BCUT2D eigenvalue weighted by Crippen LogP contribution is -2.00. The first-order valence-electron chi connectivity index (χ1n) is 4.89. The Morgan fingerprint density at radius 2 is 1.61 bits per heavy atom. The average Bonchev–Trinajstić information content (AvgIpc) is 2.36. The summed E-state index contributed by atoms with van der Waals surface area (Å²) in [6, 6.07) is 7.78. The quantitative estimate of drug-likeness (QED) is 0.465. The first-order valence-corrected chi connectivity index (χ1v) is 4.89. The minimum absolute atomic E-state index is 0.112. The Balaban J connectivity index is 2.80. The van der Waals surface area contributed by atoms with Crippen molar-refractivity contribution in [2.75, 3.05) is 0 Å². The zero-order valence-electron chi connectivity index (χ0n) is 8.86. The number of benzene rings is 2. The van der Waals surface area contributed by atoms with E-state index in [1.807, 2.05) is 0 Å². The van der Waals surface area contributed by atoms with Crippen LogP contribution in [-0.4, -0.2) is 4.92 Å². The number of halogens is 3. The second-order valence-corrected chi connectivity index (χ2v) is 3.50. The third-order valence-electron chi connectivity index (χ3n) is 2.40. The van der Waals surface area contributed by atoms with E-state index >= 15 is 0 Å². The highest BCUT2D eigenvalue weighted by Crippen LogP contribution is 2.34. The molecule has 18 heavy (non-hydrogen) atoms. The predicted octanol–water partition coefficient (Wildman–Crippen LogP) is 3.68. The van der Waals surface area contributed by atoms with E-state index in [-0.39, 0.29) is 5.56 Å². The van der Waals surface area contributed by atoms with Crippen molar-refractivity contribution in [3.63, 3.8) is 0 Å². The molecule has 0 aliphatic rings. The van der Waals surface area contributed by atoms with Gasteiger partial charge in [-0.3, -0.25) is 10.1 Å².